The maximum atomic E-state index is 16.9. The summed E-state index contributed by atoms with van der Waals surface area (Å²) in [4.78, 5) is 33.7. The van der Waals surface area contributed by atoms with Crippen LogP contribution in [0.5, 0.6) is 6.01 Å². The lowest BCUT2D eigenvalue weighted by Crippen LogP contribution is -2.57. The minimum absolute atomic E-state index is 0.0651. The Hall–Kier alpha value is -3.80. The highest BCUT2D eigenvalue weighted by Gasteiger charge is 2.45. The average molecular weight is 705 g/mol. The van der Waals surface area contributed by atoms with Gasteiger partial charge < -0.3 is 19.1 Å². The van der Waals surface area contributed by atoms with Crippen LogP contribution in [0.25, 0.3) is 32.9 Å². The summed E-state index contributed by atoms with van der Waals surface area (Å²) >= 11 is 6.65. The summed E-state index contributed by atoms with van der Waals surface area (Å²) in [5, 5.41) is 2.61. The van der Waals surface area contributed by atoms with Crippen LogP contribution in [0, 0.1) is 5.82 Å². The van der Waals surface area contributed by atoms with E-state index in [-0.39, 0.29) is 47.5 Å². The van der Waals surface area contributed by atoms with Gasteiger partial charge in [-0.15, -0.1) is 0 Å². The molecule has 3 fully saturated rings. The highest BCUT2D eigenvalue weighted by Crippen LogP contribution is 2.39. The molecule has 50 heavy (non-hydrogen) atoms. The zero-order valence-electron chi connectivity index (χ0n) is 29.5. The van der Waals surface area contributed by atoms with Gasteiger partial charge in [-0.05, 0) is 65.0 Å². The van der Waals surface area contributed by atoms with Crippen LogP contribution in [-0.4, -0.2) is 101 Å². The number of hydrogen-bond acceptors (Lipinski definition) is 9. The van der Waals surface area contributed by atoms with E-state index in [0.717, 1.165) is 56.0 Å². The maximum absolute atomic E-state index is 16.9. The van der Waals surface area contributed by atoms with Crippen molar-refractivity contribution in [3.63, 3.8) is 0 Å². The smallest absolute Gasteiger partial charge is 0.410 e. The van der Waals surface area contributed by atoms with Gasteiger partial charge in [-0.2, -0.15) is 9.97 Å². The van der Waals surface area contributed by atoms with E-state index in [1.807, 2.05) is 56.0 Å². The molecule has 0 saturated carbocycles. The van der Waals surface area contributed by atoms with Gasteiger partial charge >= 0.3 is 12.1 Å². The third-order valence-corrected chi connectivity index (χ3v) is 10.4. The van der Waals surface area contributed by atoms with Gasteiger partial charge in [0.05, 0.1) is 23.6 Å². The van der Waals surface area contributed by atoms with Crippen LogP contribution in [0.3, 0.4) is 0 Å². The van der Waals surface area contributed by atoms with E-state index >= 15 is 4.39 Å². The zero-order valence-corrected chi connectivity index (χ0v) is 30.3. The van der Waals surface area contributed by atoms with Crippen molar-refractivity contribution in [3.8, 4) is 17.3 Å². The number of anilines is 1. The summed E-state index contributed by atoms with van der Waals surface area (Å²) in [5.74, 6) is -0.0265. The number of rotatable bonds is 9. The van der Waals surface area contributed by atoms with Crippen molar-refractivity contribution in [2.75, 3.05) is 44.8 Å². The fourth-order valence-corrected chi connectivity index (χ4v) is 7.89. The van der Waals surface area contributed by atoms with Crippen molar-refractivity contribution in [2.24, 2.45) is 0 Å². The molecule has 2 aromatic carbocycles. The number of unbranched alkanes of at least 4 members (excludes halogenated alkanes) is 1. The molecule has 0 N–H and O–H groups in total. The first kappa shape index (κ1) is 34.6. The maximum Gasteiger partial charge on any atom is 0.410 e. The number of hydrogen-bond donors (Lipinski definition) is 0. The number of halogens is 2. The van der Waals surface area contributed by atoms with Gasteiger partial charge in [-0.25, -0.2) is 9.18 Å². The monoisotopic (exact) mass is 704 g/mol. The van der Waals surface area contributed by atoms with E-state index in [0.29, 0.717) is 41.5 Å². The molecule has 3 aliphatic rings. The topological polar surface area (TPSA) is 93.2 Å². The Morgan fingerprint density at radius 1 is 1.06 bits per heavy atom. The van der Waals surface area contributed by atoms with Gasteiger partial charge in [0.1, 0.15) is 29.2 Å². The normalized spacial score (nSPS) is 22.5. The molecule has 5 heterocycles. The van der Waals surface area contributed by atoms with E-state index in [1.165, 1.54) is 0 Å². The summed E-state index contributed by atoms with van der Waals surface area (Å²) in [6.45, 7) is 10.7. The number of piperazine rings is 1. The molecular formula is C38H46ClFN6O4. The first-order valence-electron chi connectivity index (χ1n) is 17.8. The van der Waals surface area contributed by atoms with Gasteiger partial charge in [-0.1, -0.05) is 55.3 Å². The molecule has 1 amide bonds. The SMILES string of the molecule is CCCCO[C@H]1C[C@@H](COc2nc(N3CC4CCC(C3)N4C(=O)OC(C)(C)C)c3cnc(-c4cccc5cccc(Cl)c45)c(F)c3n2)N(C)C1. The number of ether oxygens (including phenoxy) is 3. The second-order valence-electron chi connectivity index (χ2n) is 14.8. The summed E-state index contributed by atoms with van der Waals surface area (Å²) < 4.78 is 35.0. The number of nitrogens with zero attached hydrogens (tertiary/aromatic N) is 6. The molecule has 2 bridgehead atoms. The van der Waals surface area contributed by atoms with Crippen LogP contribution >= 0.6 is 11.6 Å². The van der Waals surface area contributed by atoms with Crippen LogP contribution in [-0.2, 0) is 9.47 Å². The number of pyridine rings is 1. The fourth-order valence-electron chi connectivity index (χ4n) is 7.61. The molecule has 0 radical (unpaired) electrons. The lowest BCUT2D eigenvalue weighted by Gasteiger charge is -2.42. The first-order chi connectivity index (χ1) is 24.0. The second-order valence-corrected chi connectivity index (χ2v) is 15.2. The summed E-state index contributed by atoms with van der Waals surface area (Å²) in [6, 6.07) is 11.3. The molecule has 7 rings (SSSR count). The molecule has 2 aromatic heterocycles. The lowest BCUT2D eigenvalue weighted by atomic mass is 10.0. The summed E-state index contributed by atoms with van der Waals surface area (Å²) in [5.41, 5.74) is 0.277. The number of likely N-dealkylation sites (N-methyl/N-ethyl adjacent to an activating group) is 1. The number of amides is 1. The lowest BCUT2D eigenvalue weighted by molar-refractivity contribution is 0.0122. The van der Waals surface area contributed by atoms with Crippen molar-refractivity contribution in [1.82, 2.24) is 24.8 Å². The van der Waals surface area contributed by atoms with Crippen molar-refractivity contribution in [2.45, 2.75) is 89.6 Å². The number of benzene rings is 2. The Kier molecular flexibility index (Phi) is 9.75. The Morgan fingerprint density at radius 3 is 2.52 bits per heavy atom. The van der Waals surface area contributed by atoms with E-state index < -0.39 is 11.4 Å². The molecule has 4 atom stereocenters. The molecular weight excluding hydrogens is 659 g/mol. The van der Waals surface area contributed by atoms with Crippen LogP contribution in [0.2, 0.25) is 5.02 Å². The summed E-state index contributed by atoms with van der Waals surface area (Å²) in [7, 11) is 2.07. The number of likely N-dealkylation sites (tertiary alicyclic amines) is 1. The third kappa shape index (κ3) is 6.92. The van der Waals surface area contributed by atoms with Crippen LogP contribution in [0.1, 0.15) is 59.8 Å². The molecule has 10 nitrogen and oxygen atoms in total. The minimum Gasteiger partial charge on any atom is -0.462 e. The zero-order chi connectivity index (χ0) is 35.2. The van der Waals surface area contributed by atoms with Gasteiger partial charge in [0, 0.05) is 54.5 Å². The van der Waals surface area contributed by atoms with E-state index in [1.54, 1.807) is 12.3 Å². The van der Waals surface area contributed by atoms with E-state index in [4.69, 9.17) is 30.8 Å². The minimum atomic E-state index is -0.590. The standard InChI is InChI=1S/C38H46ClFN6O4/c1-6-7-16-48-27-17-26(44(5)21-27)22-49-36-42-34-29(18-41-33(32(34)40)28-12-8-10-23-11-9-13-30(39)31(23)28)35(43-36)45-19-24-14-15-25(20-45)46(24)37(47)50-38(2,3)4/h8-13,18,24-27H,6-7,14-17,19-22H2,1-5H3/t24?,25?,26-,27-/m0/s1. The van der Waals surface area contributed by atoms with Crippen LogP contribution in [0.15, 0.2) is 42.6 Å². The van der Waals surface area contributed by atoms with Crippen molar-refractivity contribution >= 4 is 45.2 Å². The molecule has 0 aliphatic carbocycles. The first-order valence-corrected chi connectivity index (χ1v) is 18.1. The average Bonchev–Trinajstić information content (AvgIpc) is 3.57. The Labute approximate surface area is 297 Å². The fraction of sp³-hybridized carbons (Fsp3) is 0.526. The predicted molar refractivity (Wildman–Crippen MR) is 194 cm³/mol. The van der Waals surface area contributed by atoms with E-state index in [9.17, 15) is 4.79 Å². The molecule has 2 unspecified atom stereocenters. The predicted octanol–water partition coefficient (Wildman–Crippen LogP) is 7.49. The van der Waals surface area contributed by atoms with Crippen LogP contribution < -0.4 is 9.64 Å². The van der Waals surface area contributed by atoms with Gasteiger partial charge in [0.15, 0.2) is 5.82 Å². The number of carbonyl (C=O) groups excluding carboxylic acids is 1. The van der Waals surface area contributed by atoms with Gasteiger partial charge in [0.25, 0.3) is 0 Å². The van der Waals surface area contributed by atoms with Crippen molar-refractivity contribution in [3.05, 3.63) is 53.4 Å². The molecule has 0 spiro atoms. The van der Waals surface area contributed by atoms with Crippen LogP contribution in [0.4, 0.5) is 15.0 Å². The van der Waals surface area contributed by atoms with Crippen molar-refractivity contribution in [1.29, 1.82) is 0 Å². The molecule has 12 heteroatoms. The highest BCUT2D eigenvalue weighted by molar-refractivity contribution is 6.36. The highest BCUT2D eigenvalue weighted by atomic mass is 35.5. The van der Waals surface area contributed by atoms with E-state index in [2.05, 4.69) is 33.7 Å². The largest absolute Gasteiger partial charge is 0.462 e. The number of aromatic nitrogens is 3. The Morgan fingerprint density at radius 2 is 1.80 bits per heavy atom. The second kappa shape index (κ2) is 14.1. The Balaban J connectivity index is 1.24. The van der Waals surface area contributed by atoms with Gasteiger partial charge in [-0.3, -0.25) is 14.8 Å². The molecule has 4 aromatic rings. The van der Waals surface area contributed by atoms with Gasteiger partial charge in [0.2, 0.25) is 0 Å². The molecule has 3 saturated heterocycles. The number of fused-ring (bicyclic) bond motifs is 4. The molecule has 266 valence electrons. The van der Waals surface area contributed by atoms with Crippen molar-refractivity contribution < 1.29 is 23.4 Å². The number of carbonyl (C=O) groups is 1. The summed E-state index contributed by atoms with van der Waals surface area (Å²) in [6.07, 6.45) is 6.15. The molecule has 3 aliphatic heterocycles. The Bertz CT molecular complexity index is 1870. The quantitative estimate of drug-likeness (QED) is 0.164. The third-order valence-electron chi connectivity index (χ3n) is 10.0.